The molecule has 0 unspecified atom stereocenters. The fourth-order valence-electron chi connectivity index (χ4n) is 3.87. The molecule has 0 aromatic carbocycles. The maximum absolute atomic E-state index is 3.94. The van der Waals surface area contributed by atoms with Crippen LogP contribution in [0.2, 0.25) is 0 Å². The lowest BCUT2D eigenvalue weighted by atomic mass is 9.76. The van der Waals surface area contributed by atoms with Gasteiger partial charge in [0.2, 0.25) is 0 Å². The third-order valence-corrected chi connectivity index (χ3v) is 5.40. The van der Waals surface area contributed by atoms with E-state index >= 15 is 0 Å². The number of hydrogen-bond donors (Lipinski definition) is 0. The molecular formula is C19H30. The Balaban J connectivity index is 1.82. The summed E-state index contributed by atoms with van der Waals surface area (Å²) < 4.78 is 0. The van der Waals surface area contributed by atoms with Crippen LogP contribution < -0.4 is 0 Å². The predicted octanol–water partition coefficient (Wildman–Crippen LogP) is 5.92. The van der Waals surface area contributed by atoms with Crippen molar-refractivity contribution in [1.29, 1.82) is 0 Å². The molecule has 106 valence electrons. The molecule has 2 rings (SSSR count). The fraction of sp³-hybridized carbons (Fsp3) is 0.684. The predicted molar refractivity (Wildman–Crippen MR) is 85.0 cm³/mol. The first kappa shape index (κ1) is 14.6. The van der Waals surface area contributed by atoms with Crippen molar-refractivity contribution in [2.75, 3.05) is 0 Å². The monoisotopic (exact) mass is 258 g/mol. The van der Waals surface area contributed by atoms with Gasteiger partial charge in [-0.1, -0.05) is 23.8 Å². The Kier molecular flexibility index (Phi) is 5.48. The number of allylic oxidation sites excluding steroid dienone is 4. The molecule has 0 N–H and O–H groups in total. The lowest BCUT2D eigenvalue weighted by Gasteiger charge is -2.29. The SMILES string of the molecule is C=CC1CCC(/C=C(\C)C2CCC(C=C)CC2)CC1. The molecule has 0 aromatic rings. The molecular weight excluding hydrogens is 228 g/mol. The summed E-state index contributed by atoms with van der Waals surface area (Å²) in [5, 5.41) is 0. The average molecular weight is 258 g/mol. The van der Waals surface area contributed by atoms with E-state index in [0.717, 1.165) is 23.7 Å². The van der Waals surface area contributed by atoms with Crippen LogP contribution in [-0.4, -0.2) is 0 Å². The summed E-state index contributed by atoms with van der Waals surface area (Å²) in [5.74, 6) is 3.27. The van der Waals surface area contributed by atoms with Gasteiger partial charge in [0, 0.05) is 0 Å². The largest absolute Gasteiger partial charge is 0.103 e. The lowest BCUT2D eigenvalue weighted by Crippen LogP contribution is -2.16. The van der Waals surface area contributed by atoms with E-state index in [-0.39, 0.29) is 0 Å². The van der Waals surface area contributed by atoms with Gasteiger partial charge in [-0.2, -0.15) is 0 Å². The van der Waals surface area contributed by atoms with E-state index in [1.165, 1.54) is 51.4 Å². The van der Waals surface area contributed by atoms with Gasteiger partial charge in [0.25, 0.3) is 0 Å². The summed E-state index contributed by atoms with van der Waals surface area (Å²) in [6.45, 7) is 10.2. The van der Waals surface area contributed by atoms with Crippen LogP contribution in [0.15, 0.2) is 37.0 Å². The van der Waals surface area contributed by atoms with Gasteiger partial charge in [-0.05, 0) is 82.0 Å². The van der Waals surface area contributed by atoms with Crippen LogP contribution in [-0.2, 0) is 0 Å². The highest BCUT2D eigenvalue weighted by Crippen LogP contribution is 2.36. The molecule has 0 spiro atoms. The standard InChI is InChI=1S/C19H30/c1-4-16-6-8-18(9-7-16)14-15(3)19-12-10-17(5-2)11-13-19/h4-5,14,16-19H,1-2,6-13H2,3H3/b15-14+. The molecule has 0 atom stereocenters. The Hall–Kier alpha value is -0.780. The topological polar surface area (TPSA) is 0 Å². The molecule has 0 aromatic heterocycles. The van der Waals surface area contributed by atoms with E-state index in [9.17, 15) is 0 Å². The summed E-state index contributed by atoms with van der Waals surface area (Å²) in [6, 6.07) is 0. The first-order valence-electron chi connectivity index (χ1n) is 8.16. The van der Waals surface area contributed by atoms with Gasteiger partial charge in [0.15, 0.2) is 0 Å². The van der Waals surface area contributed by atoms with Gasteiger partial charge in [-0.3, -0.25) is 0 Å². The van der Waals surface area contributed by atoms with E-state index in [0.29, 0.717) is 0 Å². The first-order valence-corrected chi connectivity index (χ1v) is 8.16. The molecule has 0 aliphatic heterocycles. The quantitative estimate of drug-likeness (QED) is 0.549. The van der Waals surface area contributed by atoms with Gasteiger partial charge in [-0.25, -0.2) is 0 Å². The van der Waals surface area contributed by atoms with E-state index in [1.54, 1.807) is 5.57 Å². The second-order valence-corrected chi connectivity index (χ2v) is 6.67. The Morgan fingerprint density at radius 1 is 0.737 bits per heavy atom. The minimum absolute atomic E-state index is 0.784. The van der Waals surface area contributed by atoms with E-state index in [1.807, 2.05) is 0 Å². The molecule has 0 amide bonds. The van der Waals surface area contributed by atoms with Crippen LogP contribution in [0.3, 0.4) is 0 Å². The number of hydrogen-bond acceptors (Lipinski definition) is 0. The van der Waals surface area contributed by atoms with Crippen LogP contribution in [0.25, 0.3) is 0 Å². The highest BCUT2D eigenvalue weighted by molar-refractivity contribution is 5.08. The van der Waals surface area contributed by atoms with Crippen LogP contribution >= 0.6 is 0 Å². The van der Waals surface area contributed by atoms with Gasteiger partial charge in [-0.15, -0.1) is 13.2 Å². The molecule has 0 radical (unpaired) electrons. The third-order valence-electron chi connectivity index (χ3n) is 5.40. The highest BCUT2D eigenvalue weighted by Gasteiger charge is 2.22. The van der Waals surface area contributed by atoms with Crippen LogP contribution in [0.1, 0.15) is 58.3 Å². The second-order valence-electron chi connectivity index (χ2n) is 6.67. The molecule has 2 aliphatic carbocycles. The van der Waals surface area contributed by atoms with Crippen molar-refractivity contribution in [3.8, 4) is 0 Å². The summed E-state index contributed by atoms with van der Waals surface area (Å²) in [6.07, 6.45) is 17.8. The van der Waals surface area contributed by atoms with Gasteiger partial charge < -0.3 is 0 Å². The van der Waals surface area contributed by atoms with Crippen molar-refractivity contribution < 1.29 is 0 Å². The summed E-state index contributed by atoms with van der Waals surface area (Å²) in [4.78, 5) is 0. The molecule has 2 fully saturated rings. The summed E-state index contributed by atoms with van der Waals surface area (Å²) in [5.41, 5.74) is 1.67. The van der Waals surface area contributed by atoms with Crippen LogP contribution in [0, 0.1) is 23.7 Å². The first-order chi connectivity index (χ1) is 9.22. The van der Waals surface area contributed by atoms with E-state index < -0.39 is 0 Å². The molecule has 0 heteroatoms. The average Bonchev–Trinajstić information content (AvgIpc) is 2.48. The highest BCUT2D eigenvalue weighted by atomic mass is 14.3. The molecule has 2 aliphatic rings. The zero-order valence-electron chi connectivity index (χ0n) is 12.6. The zero-order valence-corrected chi connectivity index (χ0v) is 12.6. The van der Waals surface area contributed by atoms with Crippen molar-refractivity contribution in [2.24, 2.45) is 23.7 Å². The molecule has 0 nitrogen and oxygen atoms in total. The maximum Gasteiger partial charge on any atom is -0.0205 e. The Morgan fingerprint density at radius 3 is 1.63 bits per heavy atom. The van der Waals surface area contributed by atoms with Crippen molar-refractivity contribution in [3.63, 3.8) is 0 Å². The van der Waals surface area contributed by atoms with Crippen LogP contribution in [0.4, 0.5) is 0 Å². The van der Waals surface area contributed by atoms with Crippen molar-refractivity contribution >= 4 is 0 Å². The van der Waals surface area contributed by atoms with Crippen molar-refractivity contribution in [3.05, 3.63) is 37.0 Å². The van der Waals surface area contributed by atoms with Crippen molar-refractivity contribution in [2.45, 2.75) is 58.3 Å². The minimum atomic E-state index is 0.784. The van der Waals surface area contributed by atoms with E-state index in [4.69, 9.17) is 0 Å². The summed E-state index contributed by atoms with van der Waals surface area (Å²) in [7, 11) is 0. The maximum atomic E-state index is 3.94. The van der Waals surface area contributed by atoms with Gasteiger partial charge in [0.1, 0.15) is 0 Å². The Labute approximate surface area is 119 Å². The molecule has 0 saturated heterocycles. The molecule has 19 heavy (non-hydrogen) atoms. The lowest BCUT2D eigenvalue weighted by molar-refractivity contribution is 0.332. The van der Waals surface area contributed by atoms with Gasteiger partial charge >= 0.3 is 0 Å². The van der Waals surface area contributed by atoms with Crippen molar-refractivity contribution in [1.82, 2.24) is 0 Å². The van der Waals surface area contributed by atoms with E-state index in [2.05, 4.69) is 38.3 Å². The minimum Gasteiger partial charge on any atom is -0.103 e. The Morgan fingerprint density at radius 2 is 1.16 bits per heavy atom. The Bertz CT molecular complexity index is 320. The van der Waals surface area contributed by atoms with Crippen LogP contribution in [0.5, 0.6) is 0 Å². The summed E-state index contributed by atoms with van der Waals surface area (Å²) >= 11 is 0. The number of rotatable bonds is 4. The smallest absolute Gasteiger partial charge is 0.0205 e. The normalized spacial score (nSPS) is 36.8. The second kappa shape index (κ2) is 7.12. The zero-order chi connectivity index (χ0) is 13.7. The molecule has 2 saturated carbocycles. The fourth-order valence-corrected chi connectivity index (χ4v) is 3.87. The van der Waals surface area contributed by atoms with Gasteiger partial charge in [0.05, 0.1) is 0 Å². The third kappa shape index (κ3) is 4.09. The molecule has 0 bridgehead atoms. The molecule has 0 heterocycles.